The third-order valence-corrected chi connectivity index (χ3v) is 5.61. The van der Waals surface area contributed by atoms with Crippen LogP contribution in [0.2, 0.25) is 0 Å². The quantitative estimate of drug-likeness (QED) is 0.488. The van der Waals surface area contributed by atoms with Crippen molar-refractivity contribution in [3.8, 4) is 28.7 Å². The van der Waals surface area contributed by atoms with Gasteiger partial charge in [0.1, 0.15) is 11.5 Å². The molecule has 0 fully saturated rings. The van der Waals surface area contributed by atoms with Crippen LogP contribution in [0, 0.1) is 0 Å². The number of furan rings is 1. The molecule has 9 nitrogen and oxygen atoms in total. The summed E-state index contributed by atoms with van der Waals surface area (Å²) in [5.74, 6) is 2.50. The van der Waals surface area contributed by atoms with Crippen LogP contribution in [0.1, 0.15) is 34.1 Å². The van der Waals surface area contributed by atoms with Gasteiger partial charge in [0.15, 0.2) is 17.3 Å². The predicted octanol–water partition coefficient (Wildman–Crippen LogP) is 4.31. The Labute approximate surface area is 197 Å². The maximum atomic E-state index is 13.3. The van der Waals surface area contributed by atoms with Crippen molar-refractivity contribution < 1.29 is 32.9 Å². The highest BCUT2D eigenvalue weighted by Crippen LogP contribution is 2.43. The summed E-state index contributed by atoms with van der Waals surface area (Å²) in [5, 5.41) is 6.11. The van der Waals surface area contributed by atoms with Crippen LogP contribution in [-0.2, 0) is 0 Å². The summed E-state index contributed by atoms with van der Waals surface area (Å²) >= 11 is 0. The van der Waals surface area contributed by atoms with Crippen molar-refractivity contribution in [2.24, 2.45) is 5.10 Å². The molecule has 1 amide bonds. The Morgan fingerprint density at radius 1 is 0.912 bits per heavy atom. The number of rotatable bonds is 8. The summed E-state index contributed by atoms with van der Waals surface area (Å²) < 4.78 is 32.7. The molecule has 178 valence electrons. The molecule has 1 atom stereocenters. The third-order valence-electron chi connectivity index (χ3n) is 5.61. The molecule has 9 heteroatoms. The monoisotopic (exact) mass is 466 g/mol. The Kier molecular flexibility index (Phi) is 6.62. The molecule has 2 heterocycles. The maximum Gasteiger partial charge on any atom is 0.310 e. The van der Waals surface area contributed by atoms with Gasteiger partial charge in [-0.05, 0) is 42.0 Å². The molecule has 1 aromatic heterocycles. The number of carbonyl (C=O) groups excluding carboxylic acids is 1. The molecule has 0 bridgehead atoms. The van der Waals surface area contributed by atoms with E-state index in [0.29, 0.717) is 40.9 Å². The van der Waals surface area contributed by atoms with Crippen molar-refractivity contribution in [2.45, 2.75) is 12.5 Å². The van der Waals surface area contributed by atoms with E-state index in [-0.39, 0.29) is 11.7 Å². The lowest BCUT2D eigenvalue weighted by molar-refractivity contribution is 0.0678. The molecule has 0 spiro atoms. The Morgan fingerprint density at radius 2 is 1.56 bits per heavy atom. The zero-order valence-corrected chi connectivity index (χ0v) is 19.7. The Balaban J connectivity index is 1.81. The van der Waals surface area contributed by atoms with Gasteiger partial charge < -0.3 is 28.1 Å². The fourth-order valence-corrected chi connectivity index (χ4v) is 3.91. The van der Waals surface area contributed by atoms with Crippen LogP contribution >= 0.6 is 0 Å². The summed E-state index contributed by atoms with van der Waals surface area (Å²) in [5.41, 5.74) is 2.24. The number of benzene rings is 2. The molecule has 4 rings (SSSR count). The van der Waals surface area contributed by atoms with E-state index in [0.717, 1.165) is 11.1 Å². The second-order valence-corrected chi connectivity index (χ2v) is 7.45. The average molecular weight is 466 g/mol. The SMILES string of the molecule is COc1cc(OC)cc(C2=NN(C(=O)c3ccco3)[C@@H](c3cc(OC)c(OC)c(OC)c3)C2)c1. The van der Waals surface area contributed by atoms with Crippen LogP contribution in [0.15, 0.2) is 58.2 Å². The molecule has 0 radical (unpaired) electrons. The van der Waals surface area contributed by atoms with E-state index < -0.39 is 6.04 Å². The second-order valence-electron chi connectivity index (χ2n) is 7.45. The number of ether oxygens (including phenoxy) is 5. The Morgan fingerprint density at radius 3 is 2.06 bits per heavy atom. The van der Waals surface area contributed by atoms with Gasteiger partial charge in [-0.15, -0.1) is 0 Å². The van der Waals surface area contributed by atoms with E-state index in [4.69, 9.17) is 33.2 Å². The van der Waals surface area contributed by atoms with Crippen molar-refractivity contribution in [1.82, 2.24) is 5.01 Å². The van der Waals surface area contributed by atoms with Crippen LogP contribution < -0.4 is 23.7 Å². The number of carbonyl (C=O) groups is 1. The predicted molar refractivity (Wildman–Crippen MR) is 124 cm³/mol. The number of methoxy groups -OCH3 is 5. The minimum Gasteiger partial charge on any atom is -0.497 e. The zero-order valence-electron chi connectivity index (χ0n) is 19.7. The molecular formula is C25H26N2O7. The summed E-state index contributed by atoms with van der Waals surface area (Å²) in [6.45, 7) is 0. The highest BCUT2D eigenvalue weighted by Gasteiger charge is 2.36. The lowest BCUT2D eigenvalue weighted by Gasteiger charge is -2.23. The molecule has 3 aromatic rings. The number of hydrogen-bond acceptors (Lipinski definition) is 8. The summed E-state index contributed by atoms with van der Waals surface area (Å²) in [6, 6.07) is 12.0. The van der Waals surface area contributed by atoms with E-state index in [1.165, 1.54) is 11.3 Å². The van der Waals surface area contributed by atoms with Gasteiger partial charge in [-0.1, -0.05) is 0 Å². The maximum absolute atomic E-state index is 13.3. The third kappa shape index (κ3) is 4.24. The van der Waals surface area contributed by atoms with Gasteiger partial charge in [-0.2, -0.15) is 5.10 Å². The van der Waals surface area contributed by atoms with Gasteiger partial charge in [-0.3, -0.25) is 4.79 Å². The lowest BCUT2D eigenvalue weighted by atomic mass is 9.97. The minimum absolute atomic E-state index is 0.186. The standard InChI is InChI=1S/C25H26N2O7/c1-29-17-9-15(10-18(13-17)30-2)19-14-20(27(26-19)25(28)21-7-6-8-34-21)16-11-22(31-3)24(33-5)23(12-16)32-4/h6-13,20H,14H2,1-5H3/t20-/m1/s1. The van der Waals surface area contributed by atoms with E-state index in [1.54, 1.807) is 53.7 Å². The van der Waals surface area contributed by atoms with E-state index in [9.17, 15) is 4.79 Å². The Hall–Kier alpha value is -4.14. The first-order valence-electron chi connectivity index (χ1n) is 10.5. The van der Waals surface area contributed by atoms with Gasteiger partial charge in [0.2, 0.25) is 5.75 Å². The van der Waals surface area contributed by atoms with Crippen LogP contribution in [-0.4, -0.2) is 52.2 Å². The fourth-order valence-electron chi connectivity index (χ4n) is 3.91. The fraction of sp³-hybridized carbons (Fsp3) is 0.280. The van der Waals surface area contributed by atoms with Gasteiger partial charge in [0.25, 0.3) is 0 Å². The van der Waals surface area contributed by atoms with E-state index in [1.807, 2.05) is 24.3 Å². The minimum atomic E-state index is -0.446. The summed E-state index contributed by atoms with van der Waals surface area (Å²) in [6.07, 6.45) is 1.89. The molecule has 0 saturated carbocycles. The van der Waals surface area contributed by atoms with E-state index in [2.05, 4.69) is 0 Å². The molecule has 0 saturated heterocycles. The number of nitrogens with zero attached hydrogens (tertiary/aromatic N) is 2. The molecule has 1 aliphatic rings. The first-order valence-corrected chi connectivity index (χ1v) is 10.5. The van der Waals surface area contributed by atoms with Crippen molar-refractivity contribution in [3.63, 3.8) is 0 Å². The molecule has 1 aliphatic heterocycles. The van der Waals surface area contributed by atoms with Crippen LogP contribution in [0.3, 0.4) is 0 Å². The molecule has 0 N–H and O–H groups in total. The smallest absolute Gasteiger partial charge is 0.310 e. The Bertz CT molecular complexity index is 1160. The first kappa shape index (κ1) is 23.0. The van der Waals surface area contributed by atoms with Crippen LogP contribution in [0.4, 0.5) is 0 Å². The van der Waals surface area contributed by atoms with Gasteiger partial charge in [-0.25, -0.2) is 5.01 Å². The van der Waals surface area contributed by atoms with Gasteiger partial charge >= 0.3 is 5.91 Å². The zero-order chi connectivity index (χ0) is 24.2. The van der Waals surface area contributed by atoms with Crippen LogP contribution in [0.25, 0.3) is 0 Å². The number of hydrogen-bond donors (Lipinski definition) is 0. The molecule has 0 unspecified atom stereocenters. The topological polar surface area (TPSA) is 92.0 Å². The van der Waals surface area contributed by atoms with Gasteiger partial charge in [0.05, 0.1) is 53.6 Å². The largest absolute Gasteiger partial charge is 0.497 e. The number of amides is 1. The first-order chi connectivity index (χ1) is 16.5. The molecule has 34 heavy (non-hydrogen) atoms. The van der Waals surface area contributed by atoms with Crippen LogP contribution in [0.5, 0.6) is 28.7 Å². The molecular weight excluding hydrogens is 440 g/mol. The lowest BCUT2D eigenvalue weighted by Crippen LogP contribution is -2.26. The highest BCUT2D eigenvalue weighted by atomic mass is 16.5. The van der Waals surface area contributed by atoms with Crippen molar-refractivity contribution in [2.75, 3.05) is 35.5 Å². The summed E-state index contributed by atoms with van der Waals surface area (Å²) in [4.78, 5) is 13.3. The number of hydrazone groups is 1. The van der Waals surface area contributed by atoms with E-state index >= 15 is 0 Å². The molecule has 0 aliphatic carbocycles. The average Bonchev–Trinajstić information content (AvgIpc) is 3.58. The summed E-state index contributed by atoms with van der Waals surface area (Å²) in [7, 11) is 7.80. The molecule has 2 aromatic carbocycles. The highest BCUT2D eigenvalue weighted by molar-refractivity contribution is 6.05. The van der Waals surface area contributed by atoms with Crippen molar-refractivity contribution >= 4 is 11.6 Å². The van der Waals surface area contributed by atoms with Crippen molar-refractivity contribution in [3.05, 3.63) is 65.6 Å². The normalized spacial score (nSPS) is 15.0. The second kappa shape index (κ2) is 9.78. The van der Waals surface area contributed by atoms with Gasteiger partial charge in [0, 0.05) is 18.1 Å². The van der Waals surface area contributed by atoms with Crippen molar-refractivity contribution in [1.29, 1.82) is 0 Å².